The van der Waals surface area contributed by atoms with Gasteiger partial charge in [-0.2, -0.15) is 0 Å². The van der Waals surface area contributed by atoms with Crippen LogP contribution in [0.25, 0.3) is 0 Å². The maximum Gasteiger partial charge on any atom is 0.135 e. The average molecular weight is 289 g/mol. The molecule has 2 N–H and O–H groups in total. The van der Waals surface area contributed by atoms with E-state index in [4.69, 9.17) is 0 Å². The van der Waals surface area contributed by atoms with E-state index < -0.39 is 0 Å². The fraction of sp³-hybridized carbons (Fsp3) is 0.333. The van der Waals surface area contributed by atoms with Crippen LogP contribution >= 0.6 is 0 Å². The molecule has 21 heavy (non-hydrogen) atoms. The van der Waals surface area contributed by atoms with Gasteiger partial charge in [0.1, 0.15) is 23.8 Å². The standard InChI is InChI=1S/C15H20FN5/c1-21(2)8-4-7-17-14-10-15(19-11-18-14)20-13-6-3-5-12(16)9-13/h3,5-6,9-11H,4,7-8H2,1-2H3,(H2,17,18,19,20). The number of hydrogen-bond acceptors (Lipinski definition) is 5. The highest BCUT2D eigenvalue weighted by molar-refractivity contribution is 5.58. The Hall–Kier alpha value is -2.21. The fourth-order valence-corrected chi connectivity index (χ4v) is 1.85. The predicted octanol–water partition coefficient (Wildman–Crippen LogP) is 2.72. The van der Waals surface area contributed by atoms with Gasteiger partial charge in [0.2, 0.25) is 0 Å². The number of halogens is 1. The largest absolute Gasteiger partial charge is 0.370 e. The van der Waals surface area contributed by atoms with Crippen LogP contribution in [0.3, 0.4) is 0 Å². The van der Waals surface area contributed by atoms with Gasteiger partial charge in [0, 0.05) is 18.3 Å². The molecule has 6 heteroatoms. The van der Waals surface area contributed by atoms with Crippen molar-refractivity contribution in [2.75, 3.05) is 37.8 Å². The minimum absolute atomic E-state index is 0.281. The number of benzene rings is 1. The van der Waals surface area contributed by atoms with Gasteiger partial charge in [-0.1, -0.05) is 6.07 Å². The van der Waals surface area contributed by atoms with Crippen LogP contribution in [0.4, 0.5) is 21.7 Å². The van der Waals surface area contributed by atoms with Gasteiger partial charge in [-0.25, -0.2) is 14.4 Å². The lowest BCUT2D eigenvalue weighted by molar-refractivity contribution is 0.405. The number of nitrogens with one attached hydrogen (secondary N) is 2. The molecule has 112 valence electrons. The first kappa shape index (κ1) is 15.2. The quantitative estimate of drug-likeness (QED) is 0.768. The number of hydrogen-bond donors (Lipinski definition) is 2. The Labute approximate surface area is 124 Å². The number of nitrogens with zero attached hydrogens (tertiary/aromatic N) is 3. The summed E-state index contributed by atoms with van der Waals surface area (Å²) in [5.74, 6) is 1.10. The predicted molar refractivity (Wildman–Crippen MR) is 83.4 cm³/mol. The molecule has 0 fully saturated rings. The Bertz CT molecular complexity index is 573. The molecule has 0 bridgehead atoms. The van der Waals surface area contributed by atoms with Crippen molar-refractivity contribution in [1.29, 1.82) is 0 Å². The van der Waals surface area contributed by atoms with Crippen LogP contribution in [0.5, 0.6) is 0 Å². The van der Waals surface area contributed by atoms with Crippen molar-refractivity contribution in [1.82, 2.24) is 14.9 Å². The van der Waals surface area contributed by atoms with Crippen molar-refractivity contribution >= 4 is 17.3 Å². The summed E-state index contributed by atoms with van der Waals surface area (Å²) in [6, 6.07) is 8.07. The second kappa shape index (κ2) is 7.54. The molecule has 0 amide bonds. The van der Waals surface area contributed by atoms with E-state index in [1.165, 1.54) is 18.5 Å². The molecule has 0 radical (unpaired) electrons. The highest BCUT2D eigenvalue weighted by Gasteiger charge is 2.00. The first-order valence-electron chi connectivity index (χ1n) is 6.87. The van der Waals surface area contributed by atoms with Gasteiger partial charge in [0.05, 0.1) is 0 Å². The Morgan fingerprint density at radius 3 is 2.71 bits per heavy atom. The molecule has 0 saturated heterocycles. The van der Waals surface area contributed by atoms with Crippen LogP contribution < -0.4 is 10.6 Å². The van der Waals surface area contributed by atoms with Gasteiger partial charge in [-0.15, -0.1) is 0 Å². The summed E-state index contributed by atoms with van der Waals surface area (Å²) in [6.45, 7) is 1.86. The third-order valence-corrected chi connectivity index (χ3v) is 2.85. The summed E-state index contributed by atoms with van der Waals surface area (Å²) in [6.07, 6.45) is 2.51. The molecule has 2 aromatic rings. The van der Waals surface area contributed by atoms with Gasteiger partial charge in [0.25, 0.3) is 0 Å². The van der Waals surface area contributed by atoms with Crippen LogP contribution in [0.15, 0.2) is 36.7 Å². The molecule has 1 aromatic carbocycles. The van der Waals surface area contributed by atoms with Crippen molar-refractivity contribution < 1.29 is 4.39 Å². The SMILES string of the molecule is CN(C)CCCNc1cc(Nc2cccc(F)c2)ncn1. The Balaban J connectivity index is 1.91. The van der Waals surface area contributed by atoms with Crippen LogP contribution in [0.2, 0.25) is 0 Å². The van der Waals surface area contributed by atoms with Crippen molar-refractivity contribution in [2.24, 2.45) is 0 Å². The number of aromatic nitrogens is 2. The molecule has 0 spiro atoms. The fourth-order valence-electron chi connectivity index (χ4n) is 1.85. The Kier molecular flexibility index (Phi) is 5.45. The average Bonchev–Trinajstić information content (AvgIpc) is 2.44. The van der Waals surface area contributed by atoms with Crippen molar-refractivity contribution in [3.8, 4) is 0 Å². The zero-order chi connectivity index (χ0) is 15.1. The van der Waals surface area contributed by atoms with Crippen molar-refractivity contribution in [3.63, 3.8) is 0 Å². The smallest absolute Gasteiger partial charge is 0.135 e. The molecule has 0 aliphatic heterocycles. The van der Waals surface area contributed by atoms with Crippen LogP contribution in [0.1, 0.15) is 6.42 Å². The van der Waals surface area contributed by atoms with E-state index in [2.05, 4.69) is 25.5 Å². The monoisotopic (exact) mass is 289 g/mol. The second-order valence-corrected chi connectivity index (χ2v) is 5.01. The molecule has 0 aliphatic rings. The van der Waals surface area contributed by atoms with E-state index in [0.29, 0.717) is 11.5 Å². The summed E-state index contributed by atoms with van der Waals surface area (Å²) < 4.78 is 13.1. The summed E-state index contributed by atoms with van der Waals surface area (Å²) in [7, 11) is 4.09. The Morgan fingerprint density at radius 2 is 1.95 bits per heavy atom. The highest BCUT2D eigenvalue weighted by Crippen LogP contribution is 2.16. The van der Waals surface area contributed by atoms with E-state index >= 15 is 0 Å². The zero-order valence-electron chi connectivity index (χ0n) is 12.3. The maximum absolute atomic E-state index is 13.1. The summed E-state index contributed by atoms with van der Waals surface area (Å²) in [5.41, 5.74) is 0.659. The molecule has 1 heterocycles. The van der Waals surface area contributed by atoms with E-state index in [-0.39, 0.29) is 5.82 Å². The lowest BCUT2D eigenvalue weighted by atomic mass is 10.3. The number of anilines is 3. The second-order valence-electron chi connectivity index (χ2n) is 5.01. The third-order valence-electron chi connectivity index (χ3n) is 2.85. The van der Waals surface area contributed by atoms with Gasteiger partial charge in [-0.05, 0) is 45.3 Å². The molecule has 1 aromatic heterocycles. The summed E-state index contributed by atoms with van der Waals surface area (Å²) in [4.78, 5) is 10.4. The van der Waals surface area contributed by atoms with Crippen LogP contribution in [-0.4, -0.2) is 42.1 Å². The summed E-state index contributed by atoms with van der Waals surface area (Å²) in [5, 5.41) is 6.30. The molecule has 5 nitrogen and oxygen atoms in total. The molecule has 0 atom stereocenters. The van der Waals surface area contributed by atoms with Gasteiger partial charge in [-0.3, -0.25) is 0 Å². The first-order valence-corrected chi connectivity index (χ1v) is 6.87. The molecule has 0 aliphatic carbocycles. The molecule has 0 unspecified atom stereocenters. The van der Waals surface area contributed by atoms with Crippen molar-refractivity contribution in [2.45, 2.75) is 6.42 Å². The molecule has 2 rings (SSSR count). The normalized spacial score (nSPS) is 10.7. The molecular weight excluding hydrogens is 269 g/mol. The number of rotatable bonds is 7. The maximum atomic E-state index is 13.1. The van der Waals surface area contributed by atoms with Gasteiger partial charge >= 0.3 is 0 Å². The lowest BCUT2D eigenvalue weighted by Crippen LogP contribution is -2.16. The molecule has 0 saturated carbocycles. The van der Waals surface area contributed by atoms with E-state index in [0.717, 1.165) is 25.3 Å². The van der Waals surface area contributed by atoms with E-state index in [1.54, 1.807) is 18.2 Å². The Morgan fingerprint density at radius 1 is 1.14 bits per heavy atom. The van der Waals surface area contributed by atoms with Crippen molar-refractivity contribution in [3.05, 3.63) is 42.5 Å². The topological polar surface area (TPSA) is 53.1 Å². The minimum atomic E-state index is -0.281. The zero-order valence-corrected chi connectivity index (χ0v) is 12.3. The van der Waals surface area contributed by atoms with Crippen LogP contribution in [0, 0.1) is 5.82 Å². The summed E-state index contributed by atoms with van der Waals surface area (Å²) >= 11 is 0. The third kappa shape index (κ3) is 5.35. The first-order chi connectivity index (χ1) is 10.1. The van der Waals surface area contributed by atoms with E-state index in [9.17, 15) is 4.39 Å². The van der Waals surface area contributed by atoms with Crippen LogP contribution in [-0.2, 0) is 0 Å². The van der Waals surface area contributed by atoms with Gasteiger partial charge < -0.3 is 15.5 Å². The van der Waals surface area contributed by atoms with Gasteiger partial charge in [0.15, 0.2) is 0 Å². The highest BCUT2D eigenvalue weighted by atomic mass is 19.1. The molecular formula is C15H20FN5. The lowest BCUT2D eigenvalue weighted by Gasteiger charge is -2.11. The van der Waals surface area contributed by atoms with E-state index in [1.807, 2.05) is 14.1 Å². The minimum Gasteiger partial charge on any atom is -0.370 e.